The first-order valence-corrected chi connectivity index (χ1v) is 12.8. The van der Waals surface area contributed by atoms with Crippen molar-refractivity contribution in [3.8, 4) is 12.1 Å². The van der Waals surface area contributed by atoms with Crippen LogP contribution in [0.5, 0.6) is 0 Å². The quantitative estimate of drug-likeness (QED) is 0.540. The van der Waals surface area contributed by atoms with Gasteiger partial charge in [0, 0.05) is 12.8 Å². The summed E-state index contributed by atoms with van der Waals surface area (Å²) >= 11 is 0. The van der Waals surface area contributed by atoms with Crippen LogP contribution in [0.3, 0.4) is 0 Å². The third-order valence-corrected chi connectivity index (χ3v) is 11.0. The van der Waals surface area contributed by atoms with Gasteiger partial charge >= 0.3 is 0 Å². The average molecular weight is 268 g/mol. The first kappa shape index (κ1) is 16.4. The molecule has 0 aliphatic heterocycles. The van der Waals surface area contributed by atoms with Gasteiger partial charge in [0.1, 0.15) is 16.5 Å². The van der Waals surface area contributed by atoms with Gasteiger partial charge < -0.3 is 4.65 Å². The van der Waals surface area contributed by atoms with Crippen LogP contribution in [-0.2, 0) is 0 Å². The highest BCUT2D eigenvalue weighted by Gasteiger charge is 2.31. The van der Waals surface area contributed by atoms with Crippen LogP contribution in [-0.4, -0.2) is 16.5 Å². The molecule has 0 aliphatic carbocycles. The Hall–Kier alpha value is -0.626. The van der Waals surface area contributed by atoms with E-state index in [9.17, 15) is 0 Å². The number of rotatable bonds is 8. The Bertz CT molecular complexity index is 276. The second kappa shape index (κ2) is 7.65. The van der Waals surface area contributed by atoms with Gasteiger partial charge in [-0.2, -0.15) is 10.5 Å². The fraction of sp³-hybridized carbons (Fsp3) is 0.833. The summed E-state index contributed by atoms with van der Waals surface area (Å²) in [6, 6.07) is 6.77. The molecule has 0 saturated carbocycles. The summed E-state index contributed by atoms with van der Waals surface area (Å²) < 4.78 is 3.91. The van der Waals surface area contributed by atoms with Crippen LogP contribution in [0.2, 0.25) is 38.3 Å². The topological polar surface area (TPSA) is 59.6 Å². The average Bonchev–Trinajstić information content (AvgIpc) is 2.15. The molecule has 96 valence electrons. The highest BCUT2D eigenvalue weighted by molar-refractivity contribution is 6.91. The van der Waals surface area contributed by atoms with Crippen molar-refractivity contribution in [2.24, 2.45) is 0 Å². The highest BCUT2D eigenvalue weighted by atomic mass is 28.4. The minimum atomic E-state index is -1.45. The first-order valence-electron chi connectivity index (χ1n) is 6.36. The van der Waals surface area contributed by atoms with Crippen LogP contribution in [0.25, 0.3) is 0 Å². The van der Waals surface area contributed by atoms with E-state index < -0.39 is 16.5 Å². The summed E-state index contributed by atoms with van der Waals surface area (Å²) in [5.41, 5.74) is 0. The predicted molar refractivity (Wildman–Crippen MR) is 77.4 cm³/mol. The molecule has 0 aromatic heterocycles. The number of hydrogen-bond donors (Lipinski definition) is 1. The van der Waals surface area contributed by atoms with E-state index in [2.05, 4.69) is 43.0 Å². The number of hydrogen-bond acceptors (Lipinski definition) is 3. The van der Waals surface area contributed by atoms with Crippen LogP contribution < -0.4 is 4.65 Å². The monoisotopic (exact) mass is 267 g/mol. The van der Waals surface area contributed by atoms with Crippen LogP contribution >= 0.6 is 0 Å². The molecule has 0 aliphatic rings. The zero-order valence-electron chi connectivity index (χ0n) is 11.6. The molecule has 1 N–H and O–H groups in total. The van der Waals surface area contributed by atoms with Crippen molar-refractivity contribution in [1.82, 2.24) is 4.65 Å². The first-order chi connectivity index (χ1) is 7.83. The van der Waals surface area contributed by atoms with Crippen LogP contribution in [0.4, 0.5) is 0 Å². The zero-order valence-corrected chi connectivity index (χ0v) is 13.6. The Morgan fingerprint density at radius 3 is 1.59 bits per heavy atom. The molecular formula is C12H25N3Si2. The molecular weight excluding hydrogens is 242 g/mol. The molecule has 0 aromatic carbocycles. The fourth-order valence-corrected chi connectivity index (χ4v) is 12.7. The van der Waals surface area contributed by atoms with Crippen LogP contribution in [0.1, 0.15) is 25.7 Å². The largest absolute Gasteiger partial charge is 0.359 e. The minimum absolute atomic E-state index is 0.661. The van der Waals surface area contributed by atoms with Crippen molar-refractivity contribution < 1.29 is 0 Å². The third kappa shape index (κ3) is 9.11. The van der Waals surface area contributed by atoms with E-state index in [0.29, 0.717) is 12.8 Å². The Morgan fingerprint density at radius 2 is 1.29 bits per heavy atom. The number of nitrogens with zero attached hydrogens (tertiary/aromatic N) is 2. The molecule has 0 unspecified atom stereocenters. The lowest BCUT2D eigenvalue weighted by Gasteiger charge is -2.35. The van der Waals surface area contributed by atoms with Gasteiger partial charge in [-0.3, -0.25) is 0 Å². The fourth-order valence-electron chi connectivity index (χ4n) is 2.27. The molecule has 0 aromatic rings. The molecule has 17 heavy (non-hydrogen) atoms. The summed E-state index contributed by atoms with van der Waals surface area (Å²) in [5, 5.41) is 17.2. The van der Waals surface area contributed by atoms with Crippen molar-refractivity contribution in [1.29, 1.82) is 10.5 Å². The Balaban J connectivity index is 4.36. The van der Waals surface area contributed by atoms with Gasteiger partial charge in [-0.25, -0.2) is 0 Å². The van der Waals surface area contributed by atoms with E-state index in [1.54, 1.807) is 0 Å². The van der Waals surface area contributed by atoms with Crippen molar-refractivity contribution in [2.45, 2.75) is 64.0 Å². The molecule has 0 saturated heterocycles. The van der Waals surface area contributed by atoms with Gasteiger partial charge in [0.15, 0.2) is 0 Å². The lowest BCUT2D eigenvalue weighted by atomic mass is 10.4. The third-order valence-electron chi connectivity index (χ3n) is 2.71. The Morgan fingerprint density at radius 1 is 0.882 bits per heavy atom. The number of unbranched alkanes of at least 4 members (excludes halogenated alkanes) is 2. The normalized spacial score (nSPS) is 11.9. The molecule has 0 rings (SSSR count). The highest BCUT2D eigenvalue weighted by Crippen LogP contribution is 2.21. The smallest absolute Gasteiger partial charge is 0.116 e. The Labute approximate surface area is 108 Å². The van der Waals surface area contributed by atoms with Crippen LogP contribution in [0.15, 0.2) is 0 Å². The maximum atomic E-state index is 8.62. The van der Waals surface area contributed by atoms with Gasteiger partial charge in [-0.1, -0.05) is 26.2 Å². The molecule has 3 nitrogen and oxygen atoms in total. The molecule has 0 spiro atoms. The van der Waals surface area contributed by atoms with Gasteiger partial charge in [-0.15, -0.1) is 0 Å². The van der Waals surface area contributed by atoms with Gasteiger partial charge in [0.05, 0.1) is 12.1 Å². The summed E-state index contributed by atoms with van der Waals surface area (Å²) in [6.45, 7) is 9.35. The molecule has 0 radical (unpaired) electrons. The Kier molecular flexibility index (Phi) is 7.37. The predicted octanol–water partition coefficient (Wildman–Crippen LogP) is 3.59. The second-order valence-corrected chi connectivity index (χ2v) is 15.6. The summed E-state index contributed by atoms with van der Waals surface area (Å²) in [6.07, 6.45) is 3.33. The zero-order chi connectivity index (χ0) is 13.4. The van der Waals surface area contributed by atoms with E-state index in [4.69, 9.17) is 10.5 Å². The van der Waals surface area contributed by atoms with Gasteiger partial charge in [0.25, 0.3) is 0 Å². The minimum Gasteiger partial charge on any atom is -0.359 e. The van der Waals surface area contributed by atoms with E-state index in [-0.39, 0.29) is 0 Å². The second-order valence-electron chi connectivity index (χ2n) is 5.96. The number of nitriles is 2. The lowest BCUT2D eigenvalue weighted by Crippen LogP contribution is -2.59. The molecule has 0 bridgehead atoms. The summed E-state index contributed by atoms with van der Waals surface area (Å²) in [5.74, 6) is 0. The molecule has 0 heterocycles. The van der Waals surface area contributed by atoms with Crippen LogP contribution in [0, 0.1) is 22.7 Å². The molecule has 0 atom stereocenters. The molecule has 5 heteroatoms. The number of nitrogens with one attached hydrogen (secondary N) is 1. The standard InChI is InChI=1S/C12H25N3Si2/c1-16(2,3)15-17(4,11-7-5-9-13)12-8-6-10-14/h15H,5-8,11-12H2,1-4H3. The van der Waals surface area contributed by atoms with Crippen molar-refractivity contribution in [2.75, 3.05) is 0 Å². The van der Waals surface area contributed by atoms with E-state index in [1.807, 2.05) is 0 Å². The van der Waals surface area contributed by atoms with E-state index in [0.717, 1.165) is 24.9 Å². The van der Waals surface area contributed by atoms with Gasteiger partial charge in [-0.05, 0) is 24.9 Å². The summed E-state index contributed by atoms with van der Waals surface area (Å²) in [7, 11) is -2.72. The summed E-state index contributed by atoms with van der Waals surface area (Å²) in [4.78, 5) is 0. The maximum Gasteiger partial charge on any atom is 0.116 e. The molecule has 0 fully saturated rings. The molecule has 0 amide bonds. The van der Waals surface area contributed by atoms with E-state index >= 15 is 0 Å². The van der Waals surface area contributed by atoms with Gasteiger partial charge in [0.2, 0.25) is 0 Å². The van der Waals surface area contributed by atoms with Crippen molar-refractivity contribution >= 4 is 16.5 Å². The SMILES string of the molecule is C[Si](C)(C)N[Si](C)(CCCC#N)CCCC#N. The maximum absolute atomic E-state index is 8.62. The van der Waals surface area contributed by atoms with Crippen molar-refractivity contribution in [3.63, 3.8) is 0 Å². The lowest BCUT2D eigenvalue weighted by molar-refractivity contribution is 0.877. The van der Waals surface area contributed by atoms with Crippen molar-refractivity contribution in [3.05, 3.63) is 0 Å². The van der Waals surface area contributed by atoms with E-state index in [1.165, 1.54) is 0 Å².